The Hall–Kier alpha value is -1.61. The predicted octanol–water partition coefficient (Wildman–Crippen LogP) is 3.07. The highest BCUT2D eigenvalue weighted by Crippen LogP contribution is 2.05. The molecule has 0 aliphatic rings. The molecule has 0 bridgehead atoms. The normalized spacial score (nSPS) is 11.1. The Morgan fingerprint density at radius 3 is 2.67 bits per heavy atom. The first kappa shape index (κ1) is 23.4. The maximum Gasteiger partial charge on any atom is 0.190 e. The third-order valence-electron chi connectivity index (χ3n) is 4.07. The number of aliphatic imine (C=N–C) groups is 1. The summed E-state index contributed by atoms with van der Waals surface area (Å²) >= 11 is 0. The Balaban J connectivity index is 0.00000364. The molecule has 0 aliphatic heterocycles. The minimum atomic E-state index is 0. The summed E-state index contributed by atoms with van der Waals surface area (Å²) in [5.41, 5.74) is 1.28. The van der Waals surface area contributed by atoms with Crippen LogP contribution in [-0.4, -0.2) is 48.9 Å². The van der Waals surface area contributed by atoms with Crippen LogP contribution < -0.4 is 10.6 Å². The molecular formula is C20H32IN5O. The third kappa shape index (κ3) is 9.23. The lowest BCUT2D eigenvalue weighted by Crippen LogP contribution is -2.39. The van der Waals surface area contributed by atoms with E-state index in [0.717, 1.165) is 63.9 Å². The van der Waals surface area contributed by atoms with Gasteiger partial charge >= 0.3 is 0 Å². The highest BCUT2D eigenvalue weighted by molar-refractivity contribution is 14.0. The zero-order chi connectivity index (χ0) is 18.5. The standard InChI is InChI=1S/C20H31N5O.HI/c1-3-26-16-8-7-12-23-20(21-2)24-13-11-19-22-14-15-25(19)17-18-9-5-4-6-10-18;/h4-6,9-10,14-15H,3,7-8,11-13,16-17H2,1-2H3,(H2,21,23,24);1H. The van der Waals surface area contributed by atoms with Crippen LogP contribution >= 0.6 is 24.0 Å². The van der Waals surface area contributed by atoms with Crippen molar-refractivity contribution in [2.45, 2.75) is 32.7 Å². The molecule has 1 aromatic heterocycles. The molecule has 2 rings (SSSR count). The first-order valence-corrected chi connectivity index (χ1v) is 9.39. The van der Waals surface area contributed by atoms with Gasteiger partial charge in [-0.25, -0.2) is 4.98 Å². The molecule has 0 fully saturated rings. The summed E-state index contributed by atoms with van der Waals surface area (Å²) in [6.07, 6.45) is 6.89. The van der Waals surface area contributed by atoms with E-state index in [-0.39, 0.29) is 24.0 Å². The van der Waals surface area contributed by atoms with Crippen LogP contribution in [0.15, 0.2) is 47.7 Å². The Bertz CT molecular complexity index is 645. The molecule has 0 saturated carbocycles. The van der Waals surface area contributed by atoms with Crippen LogP contribution in [0.25, 0.3) is 0 Å². The zero-order valence-electron chi connectivity index (χ0n) is 16.4. The minimum Gasteiger partial charge on any atom is -0.382 e. The second kappa shape index (κ2) is 14.4. The van der Waals surface area contributed by atoms with Gasteiger partial charge < -0.3 is 19.9 Å². The van der Waals surface area contributed by atoms with E-state index >= 15 is 0 Å². The predicted molar refractivity (Wildman–Crippen MR) is 122 cm³/mol. The Morgan fingerprint density at radius 2 is 1.93 bits per heavy atom. The lowest BCUT2D eigenvalue weighted by atomic mass is 10.2. The van der Waals surface area contributed by atoms with Crippen molar-refractivity contribution < 1.29 is 4.74 Å². The fourth-order valence-electron chi connectivity index (χ4n) is 2.69. The summed E-state index contributed by atoms with van der Waals surface area (Å²) in [5, 5.41) is 6.69. The molecule has 0 saturated heterocycles. The molecule has 2 N–H and O–H groups in total. The van der Waals surface area contributed by atoms with Crippen molar-refractivity contribution in [1.29, 1.82) is 0 Å². The molecule has 2 aromatic rings. The number of nitrogens with one attached hydrogen (secondary N) is 2. The number of guanidine groups is 1. The third-order valence-corrected chi connectivity index (χ3v) is 4.07. The number of benzene rings is 1. The van der Waals surface area contributed by atoms with E-state index in [1.807, 2.05) is 25.4 Å². The number of halogens is 1. The molecule has 1 heterocycles. The smallest absolute Gasteiger partial charge is 0.190 e. The second-order valence-corrected chi connectivity index (χ2v) is 6.04. The maximum absolute atomic E-state index is 5.34. The molecule has 150 valence electrons. The van der Waals surface area contributed by atoms with E-state index in [2.05, 4.69) is 49.4 Å². The first-order valence-electron chi connectivity index (χ1n) is 9.39. The molecule has 0 atom stereocenters. The van der Waals surface area contributed by atoms with Crippen molar-refractivity contribution in [3.63, 3.8) is 0 Å². The zero-order valence-corrected chi connectivity index (χ0v) is 18.7. The van der Waals surface area contributed by atoms with Gasteiger partial charge in [-0.2, -0.15) is 0 Å². The van der Waals surface area contributed by atoms with Crippen molar-refractivity contribution in [3.05, 3.63) is 54.1 Å². The molecule has 27 heavy (non-hydrogen) atoms. The largest absolute Gasteiger partial charge is 0.382 e. The van der Waals surface area contributed by atoms with Gasteiger partial charge in [-0.3, -0.25) is 4.99 Å². The van der Waals surface area contributed by atoms with Crippen LogP contribution in [0.1, 0.15) is 31.2 Å². The number of hydrogen-bond donors (Lipinski definition) is 2. The summed E-state index contributed by atoms with van der Waals surface area (Å²) in [4.78, 5) is 8.75. The summed E-state index contributed by atoms with van der Waals surface area (Å²) in [5.74, 6) is 1.91. The van der Waals surface area contributed by atoms with E-state index in [1.165, 1.54) is 5.56 Å². The van der Waals surface area contributed by atoms with E-state index in [1.54, 1.807) is 7.05 Å². The molecule has 0 radical (unpaired) electrons. The SMILES string of the molecule is CCOCCCCNC(=NC)NCCc1nccn1Cc1ccccc1.I. The molecule has 0 unspecified atom stereocenters. The number of imidazole rings is 1. The Labute approximate surface area is 179 Å². The Morgan fingerprint density at radius 1 is 1.15 bits per heavy atom. The van der Waals surface area contributed by atoms with Crippen LogP contribution in [0.5, 0.6) is 0 Å². The fraction of sp³-hybridized carbons (Fsp3) is 0.500. The summed E-state index contributed by atoms with van der Waals surface area (Å²) in [6, 6.07) is 10.4. The van der Waals surface area contributed by atoms with Gasteiger partial charge in [0.2, 0.25) is 0 Å². The maximum atomic E-state index is 5.34. The lowest BCUT2D eigenvalue weighted by molar-refractivity contribution is 0.143. The van der Waals surface area contributed by atoms with Gasteiger partial charge in [0.25, 0.3) is 0 Å². The molecule has 0 spiro atoms. The van der Waals surface area contributed by atoms with Gasteiger partial charge in [0.05, 0.1) is 0 Å². The van der Waals surface area contributed by atoms with Gasteiger partial charge in [-0.1, -0.05) is 30.3 Å². The number of hydrogen-bond acceptors (Lipinski definition) is 3. The summed E-state index contributed by atoms with van der Waals surface area (Å²) in [7, 11) is 1.80. The van der Waals surface area contributed by atoms with Gasteiger partial charge in [0.15, 0.2) is 5.96 Å². The average molecular weight is 485 g/mol. The molecule has 7 heteroatoms. The van der Waals surface area contributed by atoms with E-state index in [9.17, 15) is 0 Å². The van der Waals surface area contributed by atoms with Gasteiger partial charge in [0, 0.05) is 58.7 Å². The quantitative estimate of drug-likeness (QED) is 0.222. The highest BCUT2D eigenvalue weighted by atomic mass is 127. The summed E-state index contributed by atoms with van der Waals surface area (Å²) < 4.78 is 7.54. The molecule has 0 amide bonds. The average Bonchev–Trinajstić information content (AvgIpc) is 3.11. The molecular weight excluding hydrogens is 453 g/mol. The molecule has 1 aromatic carbocycles. The number of unbranched alkanes of at least 4 members (excludes halogenated alkanes) is 1. The summed E-state index contributed by atoms with van der Waals surface area (Å²) in [6.45, 7) is 6.18. The van der Waals surface area contributed by atoms with E-state index < -0.39 is 0 Å². The van der Waals surface area contributed by atoms with Crippen LogP contribution in [0.4, 0.5) is 0 Å². The number of aromatic nitrogens is 2. The number of nitrogens with zero attached hydrogens (tertiary/aromatic N) is 3. The minimum absolute atomic E-state index is 0. The molecule has 6 nitrogen and oxygen atoms in total. The fourth-order valence-corrected chi connectivity index (χ4v) is 2.69. The highest BCUT2D eigenvalue weighted by Gasteiger charge is 2.04. The van der Waals surface area contributed by atoms with Crippen LogP contribution in [0.3, 0.4) is 0 Å². The van der Waals surface area contributed by atoms with Crippen molar-refractivity contribution in [2.75, 3.05) is 33.4 Å². The molecule has 0 aliphatic carbocycles. The van der Waals surface area contributed by atoms with Crippen molar-refractivity contribution in [1.82, 2.24) is 20.2 Å². The van der Waals surface area contributed by atoms with Crippen molar-refractivity contribution >= 4 is 29.9 Å². The topological polar surface area (TPSA) is 63.5 Å². The van der Waals surface area contributed by atoms with Crippen molar-refractivity contribution in [2.24, 2.45) is 4.99 Å². The van der Waals surface area contributed by atoms with E-state index in [0.29, 0.717) is 0 Å². The van der Waals surface area contributed by atoms with Gasteiger partial charge in [-0.15, -0.1) is 24.0 Å². The van der Waals surface area contributed by atoms with Crippen molar-refractivity contribution in [3.8, 4) is 0 Å². The number of ether oxygens (including phenoxy) is 1. The monoisotopic (exact) mass is 485 g/mol. The second-order valence-electron chi connectivity index (χ2n) is 6.04. The van der Waals surface area contributed by atoms with Crippen LogP contribution in [0.2, 0.25) is 0 Å². The Kier molecular flexibility index (Phi) is 12.5. The van der Waals surface area contributed by atoms with Gasteiger partial charge in [-0.05, 0) is 25.3 Å². The lowest BCUT2D eigenvalue weighted by Gasteiger charge is -2.12. The van der Waals surface area contributed by atoms with E-state index in [4.69, 9.17) is 4.74 Å². The van der Waals surface area contributed by atoms with Gasteiger partial charge in [0.1, 0.15) is 5.82 Å². The van der Waals surface area contributed by atoms with Crippen LogP contribution in [0, 0.1) is 0 Å². The van der Waals surface area contributed by atoms with Crippen LogP contribution in [-0.2, 0) is 17.7 Å². The number of rotatable bonds is 11. The first-order chi connectivity index (χ1) is 12.8.